The minimum Gasteiger partial charge on any atom is -0.550 e. The minimum absolute atomic E-state index is 0.0757. The van der Waals surface area contributed by atoms with Crippen molar-refractivity contribution in [1.29, 1.82) is 0 Å². The second-order valence-electron chi connectivity index (χ2n) is 4.44. The maximum absolute atomic E-state index is 12.2. The number of rotatable bonds is 5. The maximum Gasteiger partial charge on any atom is 0.182 e. The SMILES string of the molecule is O=C([O-])Cc1ccc(S(=O)(=O)Cc2ccccc2)cc1. The fourth-order valence-electron chi connectivity index (χ4n) is 1.86. The standard InChI is InChI=1S/C15H14O4S/c16-15(17)10-12-6-8-14(9-7-12)20(18,19)11-13-4-2-1-3-5-13/h1-9H,10-11H2,(H,16,17)/p-1. The number of aliphatic carboxylic acids is 1. The molecule has 0 heterocycles. The Morgan fingerprint density at radius 3 is 2.05 bits per heavy atom. The van der Waals surface area contributed by atoms with Crippen LogP contribution in [-0.2, 0) is 26.8 Å². The Morgan fingerprint density at radius 2 is 1.50 bits per heavy atom. The molecular weight excluding hydrogens is 276 g/mol. The van der Waals surface area contributed by atoms with Gasteiger partial charge in [0.2, 0.25) is 0 Å². The number of carboxylic acids is 1. The molecule has 2 aromatic carbocycles. The van der Waals surface area contributed by atoms with E-state index in [2.05, 4.69) is 0 Å². The van der Waals surface area contributed by atoms with Gasteiger partial charge in [0, 0.05) is 12.4 Å². The third kappa shape index (κ3) is 3.68. The predicted octanol–water partition coefficient (Wildman–Crippen LogP) is 0.953. The zero-order chi connectivity index (χ0) is 14.6. The van der Waals surface area contributed by atoms with E-state index in [0.29, 0.717) is 11.1 Å². The second kappa shape index (κ2) is 5.88. The molecule has 4 nitrogen and oxygen atoms in total. The van der Waals surface area contributed by atoms with Gasteiger partial charge in [-0.2, -0.15) is 0 Å². The summed E-state index contributed by atoms with van der Waals surface area (Å²) in [5.74, 6) is -1.27. The lowest BCUT2D eigenvalue weighted by Crippen LogP contribution is -2.24. The zero-order valence-electron chi connectivity index (χ0n) is 10.7. The van der Waals surface area contributed by atoms with Crippen molar-refractivity contribution < 1.29 is 18.3 Å². The summed E-state index contributed by atoms with van der Waals surface area (Å²) in [5, 5.41) is 10.5. The van der Waals surface area contributed by atoms with E-state index in [1.54, 1.807) is 24.3 Å². The van der Waals surface area contributed by atoms with Crippen molar-refractivity contribution in [1.82, 2.24) is 0 Å². The van der Waals surface area contributed by atoms with Crippen LogP contribution in [0.4, 0.5) is 0 Å². The molecular formula is C15H13O4S-. The lowest BCUT2D eigenvalue weighted by atomic mass is 10.2. The lowest BCUT2D eigenvalue weighted by molar-refractivity contribution is -0.304. The molecule has 0 bridgehead atoms. The van der Waals surface area contributed by atoms with Crippen molar-refractivity contribution in [2.45, 2.75) is 17.1 Å². The Hall–Kier alpha value is -2.14. The first-order valence-corrected chi connectivity index (χ1v) is 7.68. The Bertz CT molecular complexity index is 688. The first-order valence-electron chi connectivity index (χ1n) is 6.03. The summed E-state index contributed by atoms with van der Waals surface area (Å²) < 4.78 is 24.4. The van der Waals surface area contributed by atoms with E-state index in [4.69, 9.17) is 0 Å². The highest BCUT2D eigenvalue weighted by atomic mass is 32.2. The van der Waals surface area contributed by atoms with E-state index in [1.165, 1.54) is 24.3 Å². The van der Waals surface area contributed by atoms with Crippen LogP contribution in [0.5, 0.6) is 0 Å². The van der Waals surface area contributed by atoms with Gasteiger partial charge in [0.15, 0.2) is 9.84 Å². The van der Waals surface area contributed by atoms with Gasteiger partial charge < -0.3 is 9.90 Å². The Balaban J connectivity index is 2.19. The number of hydrogen-bond donors (Lipinski definition) is 0. The van der Waals surface area contributed by atoms with Crippen molar-refractivity contribution in [3.63, 3.8) is 0 Å². The zero-order valence-corrected chi connectivity index (χ0v) is 11.5. The van der Waals surface area contributed by atoms with Crippen LogP contribution in [0.3, 0.4) is 0 Å². The van der Waals surface area contributed by atoms with Crippen LogP contribution >= 0.6 is 0 Å². The molecule has 0 fully saturated rings. The van der Waals surface area contributed by atoms with Gasteiger partial charge in [-0.05, 0) is 23.3 Å². The highest BCUT2D eigenvalue weighted by molar-refractivity contribution is 7.90. The molecule has 20 heavy (non-hydrogen) atoms. The Kier molecular flexibility index (Phi) is 4.20. The van der Waals surface area contributed by atoms with E-state index in [9.17, 15) is 18.3 Å². The third-order valence-corrected chi connectivity index (χ3v) is 4.53. The summed E-state index contributed by atoms with van der Waals surface area (Å²) in [4.78, 5) is 10.6. The largest absolute Gasteiger partial charge is 0.550 e. The monoisotopic (exact) mass is 289 g/mol. The van der Waals surface area contributed by atoms with E-state index >= 15 is 0 Å². The summed E-state index contributed by atoms with van der Waals surface area (Å²) in [5.41, 5.74) is 1.23. The van der Waals surface area contributed by atoms with Crippen LogP contribution in [0.25, 0.3) is 0 Å². The van der Waals surface area contributed by atoms with Crippen LogP contribution in [0.15, 0.2) is 59.5 Å². The fraction of sp³-hybridized carbons (Fsp3) is 0.133. The smallest absolute Gasteiger partial charge is 0.182 e. The molecule has 2 aromatic rings. The van der Waals surface area contributed by atoms with Gasteiger partial charge in [0.25, 0.3) is 0 Å². The molecule has 0 saturated heterocycles. The quantitative estimate of drug-likeness (QED) is 0.821. The van der Waals surface area contributed by atoms with Crippen LogP contribution < -0.4 is 5.11 Å². The molecule has 0 saturated carbocycles. The first-order chi connectivity index (χ1) is 9.47. The predicted molar refractivity (Wildman–Crippen MR) is 72.5 cm³/mol. The highest BCUT2D eigenvalue weighted by Crippen LogP contribution is 2.17. The van der Waals surface area contributed by atoms with Gasteiger partial charge in [0.1, 0.15) is 0 Å². The van der Waals surface area contributed by atoms with Crippen molar-refractivity contribution in [2.75, 3.05) is 0 Å². The fourth-order valence-corrected chi connectivity index (χ4v) is 3.21. The molecule has 0 aliphatic rings. The van der Waals surface area contributed by atoms with Gasteiger partial charge in [-0.3, -0.25) is 0 Å². The second-order valence-corrected chi connectivity index (χ2v) is 6.43. The summed E-state index contributed by atoms with van der Waals surface area (Å²) in [6.45, 7) is 0. The first kappa shape index (κ1) is 14.3. The number of sulfone groups is 1. The molecule has 0 aromatic heterocycles. The molecule has 104 valence electrons. The molecule has 5 heteroatoms. The van der Waals surface area contributed by atoms with E-state index in [0.717, 1.165) is 0 Å². The van der Waals surface area contributed by atoms with E-state index in [-0.39, 0.29) is 17.1 Å². The van der Waals surface area contributed by atoms with Crippen molar-refractivity contribution >= 4 is 15.8 Å². The molecule has 2 rings (SSSR count). The van der Waals surface area contributed by atoms with Gasteiger partial charge in [-0.15, -0.1) is 0 Å². The van der Waals surface area contributed by atoms with E-state index < -0.39 is 15.8 Å². The maximum atomic E-state index is 12.2. The van der Waals surface area contributed by atoms with Gasteiger partial charge in [0.05, 0.1) is 10.6 Å². The number of carbonyl (C=O) groups is 1. The average molecular weight is 289 g/mol. The summed E-state index contributed by atoms with van der Waals surface area (Å²) in [6, 6.07) is 14.7. The molecule has 0 aliphatic heterocycles. The number of hydrogen-bond acceptors (Lipinski definition) is 4. The summed E-state index contributed by atoms with van der Waals surface area (Å²) in [7, 11) is -3.42. The highest BCUT2D eigenvalue weighted by Gasteiger charge is 2.14. The molecule has 0 amide bonds. The van der Waals surface area contributed by atoms with Crippen molar-refractivity contribution in [3.05, 3.63) is 65.7 Å². The Labute approximate surface area is 117 Å². The normalized spacial score (nSPS) is 11.2. The minimum atomic E-state index is -3.42. The molecule has 0 aliphatic carbocycles. The average Bonchev–Trinajstić information content (AvgIpc) is 2.39. The van der Waals surface area contributed by atoms with Crippen LogP contribution in [0.2, 0.25) is 0 Å². The van der Waals surface area contributed by atoms with Gasteiger partial charge >= 0.3 is 0 Å². The lowest BCUT2D eigenvalue weighted by Gasteiger charge is -2.07. The van der Waals surface area contributed by atoms with Crippen molar-refractivity contribution in [2.24, 2.45) is 0 Å². The summed E-state index contributed by atoms with van der Waals surface area (Å²) in [6.07, 6.45) is -0.223. The summed E-state index contributed by atoms with van der Waals surface area (Å²) >= 11 is 0. The number of benzene rings is 2. The van der Waals surface area contributed by atoms with Crippen LogP contribution in [0, 0.1) is 0 Å². The van der Waals surface area contributed by atoms with Crippen LogP contribution in [0.1, 0.15) is 11.1 Å². The van der Waals surface area contributed by atoms with E-state index in [1.807, 2.05) is 6.07 Å². The number of carbonyl (C=O) groups excluding carboxylic acids is 1. The molecule has 0 N–H and O–H groups in total. The number of carboxylic acid groups (broad SMARTS) is 1. The Morgan fingerprint density at radius 1 is 0.900 bits per heavy atom. The molecule has 0 unspecified atom stereocenters. The third-order valence-electron chi connectivity index (χ3n) is 2.83. The molecule has 0 atom stereocenters. The van der Waals surface area contributed by atoms with Gasteiger partial charge in [-0.25, -0.2) is 8.42 Å². The topological polar surface area (TPSA) is 74.3 Å². The molecule has 0 spiro atoms. The van der Waals surface area contributed by atoms with Crippen LogP contribution in [-0.4, -0.2) is 14.4 Å². The van der Waals surface area contributed by atoms with Crippen molar-refractivity contribution in [3.8, 4) is 0 Å². The molecule has 0 radical (unpaired) electrons. The van der Waals surface area contributed by atoms with Gasteiger partial charge in [-0.1, -0.05) is 42.5 Å².